The normalized spacial score (nSPS) is 10.1. The lowest BCUT2D eigenvalue weighted by Gasteiger charge is -2.11. The predicted molar refractivity (Wildman–Crippen MR) is 84.1 cm³/mol. The molecular formula is C16H16BrNO2. The van der Waals surface area contributed by atoms with Crippen molar-refractivity contribution in [2.45, 2.75) is 13.3 Å². The smallest absolute Gasteiger partial charge is 0.262 e. The van der Waals surface area contributed by atoms with Crippen molar-refractivity contribution in [2.75, 3.05) is 11.9 Å². The summed E-state index contributed by atoms with van der Waals surface area (Å²) in [5, 5.41) is 2.79. The molecule has 1 N–H and O–H groups in total. The number of carbonyl (C=O) groups excluding carboxylic acids is 1. The highest BCUT2D eigenvalue weighted by molar-refractivity contribution is 9.10. The van der Waals surface area contributed by atoms with Gasteiger partial charge in [0.15, 0.2) is 6.61 Å². The van der Waals surface area contributed by atoms with Gasteiger partial charge in [-0.3, -0.25) is 4.79 Å². The number of rotatable bonds is 5. The van der Waals surface area contributed by atoms with Gasteiger partial charge in [0, 0.05) is 10.2 Å². The zero-order chi connectivity index (χ0) is 14.4. The van der Waals surface area contributed by atoms with Crippen LogP contribution < -0.4 is 10.1 Å². The number of halogens is 1. The molecule has 0 atom stereocenters. The summed E-state index contributed by atoms with van der Waals surface area (Å²) in [5.74, 6) is 0.583. The molecule has 0 saturated heterocycles. The first-order valence-electron chi connectivity index (χ1n) is 6.45. The average molecular weight is 334 g/mol. The molecule has 2 aromatic rings. The molecule has 0 aliphatic rings. The monoisotopic (exact) mass is 333 g/mol. The highest BCUT2D eigenvalue weighted by atomic mass is 79.9. The van der Waals surface area contributed by atoms with Crippen LogP contribution >= 0.6 is 15.9 Å². The molecule has 2 rings (SSSR count). The number of para-hydroxylation sites is 1. The highest BCUT2D eigenvalue weighted by Gasteiger charge is 2.07. The SMILES string of the molecule is CCc1cc(Br)ccc1OCC(=O)Nc1ccccc1. The van der Waals surface area contributed by atoms with Gasteiger partial charge in [-0.1, -0.05) is 41.1 Å². The Morgan fingerprint density at radius 1 is 1.20 bits per heavy atom. The maximum Gasteiger partial charge on any atom is 0.262 e. The lowest BCUT2D eigenvalue weighted by molar-refractivity contribution is -0.118. The summed E-state index contributed by atoms with van der Waals surface area (Å²) in [6.45, 7) is 2.06. The Morgan fingerprint density at radius 2 is 1.95 bits per heavy atom. The molecule has 0 aliphatic heterocycles. The van der Waals surface area contributed by atoms with Crippen molar-refractivity contribution >= 4 is 27.5 Å². The molecule has 20 heavy (non-hydrogen) atoms. The molecule has 0 bridgehead atoms. The van der Waals surface area contributed by atoms with E-state index in [1.54, 1.807) is 0 Å². The largest absolute Gasteiger partial charge is 0.483 e. The number of aryl methyl sites for hydroxylation is 1. The van der Waals surface area contributed by atoms with Crippen LogP contribution in [0.3, 0.4) is 0 Å². The molecule has 4 heteroatoms. The van der Waals surface area contributed by atoms with Crippen molar-refractivity contribution in [3.63, 3.8) is 0 Å². The summed E-state index contributed by atoms with van der Waals surface area (Å²) in [4.78, 5) is 11.8. The summed E-state index contributed by atoms with van der Waals surface area (Å²) in [6, 6.07) is 15.1. The molecule has 0 unspecified atom stereocenters. The molecule has 3 nitrogen and oxygen atoms in total. The van der Waals surface area contributed by atoms with Gasteiger partial charge in [-0.15, -0.1) is 0 Å². The van der Waals surface area contributed by atoms with E-state index < -0.39 is 0 Å². The van der Waals surface area contributed by atoms with Crippen LogP contribution in [0.4, 0.5) is 5.69 Å². The van der Waals surface area contributed by atoms with Crippen molar-refractivity contribution in [1.82, 2.24) is 0 Å². The van der Waals surface area contributed by atoms with Crippen molar-refractivity contribution in [1.29, 1.82) is 0 Å². The van der Waals surface area contributed by atoms with Gasteiger partial charge in [0.2, 0.25) is 0 Å². The number of hydrogen-bond acceptors (Lipinski definition) is 2. The van der Waals surface area contributed by atoms with Crippen LogP contribution in [0.5, 0.6) is 5.75 Å². The first kappa shape index (κ1) is 14.6. The van der Waals surface area contributed by atoms with Crippen molar-refractivity contribution in [3.8, 4) is 5.75 Å². The van der Waals surface area contributed by atoms with E-state index in [0.717, 1.165) is 27.9 Å². The van der Waals surface area contributed by atoms with E-state index in [-0.39, 0.29) is 12.5 Å². The summed E-state index contributed by atoms with van der Waals surface area (Å²) in [7, 11) is 0. The van der Waals surface area contributed by atoms with Crippen LogP contribution in [-0.4, -0.2) is 12.5 Å². The van der Waals surface area contributed by atoms with E-state index in [9.17, 15) is 4.79 Å². The predicted octanol–water partition coefficient (Wildman–Crippen LogP) is 4.03. The summed E-state index contributed by atoms with van der Waals surface area (Å²) < 4.78 is 6.59. The minimum Gasteiger partial charge on any atom is -0.483 e. The Balaban J connectivity index is 1.93. The Bertz CT molecular complexity index is 584. The first-order valence-corrected chi connectivity index (χ1v) is 7.24. The number of benzene rings is 2. The Labute approximate surface area is 127 Å². The first-order chi connectivity index (χ1) is 9.69. The standard InChI is InChI=1S/C16H16BrNO2/c1-2-12-10-13(17)8-9-15(12)20-11-16(19)18-14-6-4-3-5-7-14/h3-10H,2,11H2,1H3,(H,18,19). The topological polar surface area (TPSA) is 38.3 Å². The summed E-state index contributed by atoms with van der Waals surface area (Å²) >= 11 is 3.43. The molecule has 2 aromatic carbocycles. The van der Waals surface area contributed by atoms with Crippen LogP contribution in [-0.2, 0) is 11.2 Å². The van der Waals surface area contributed by atoms with Crippen LogP contribution in [0.1, 0.15) is 12.5 Å². The minimum atomic E-state index is -0.166. The zero-order valence-corrected chi connectivity index (χ0v) is 12.8. The Hall–Kier alpha value is -1.81. The Kier molecular flexibility index (Phi) is 5.18. The van der Waals surface area contributed by atoms with Crippen LogP contribution in [0, 0.1) is 0 Å². The molecule has 0 heterocycles. The molecule has 104 valence electrons. The maximum atomic E-state index is 11.8. The molecule has 0 radical (unpaired) electrons. The van der Waals surface area contributed by atoms with Gasteiger partial charge in [-0.25, -0.2) is 0 Å². The molecule has 1 amide bonds. The number of carbonyl (C=O) groups is 1. The average Bonchev–Trinajstić information content (AvgIpc) is 2.47. The quantitative estimate of drug-likeness (QED) is 0.897. The lowest BCUT2D eigenvalue weighted by Crippen LogP contribution is -2.20. The van der Waals surface area contributed by atoms with Crippen molar-refractivity contribution < 1.29 is 9.53 Å². The molecular weight excluding hydrogens is 318 g/mol. The lowest BCUT2D eigenvalue weighted by atomic mass is 10.1. The van der Waals surface area contributed by atoms with E-state index in [1.807, 2.05) is 48.5 Å². The highest BCUT2D eigenvalue weighted by Crippen LogP contribution is 2.23. The fraction of sp³-hybridized carbons (Fsp3) is 0.188. The molecule has 0 aliphatic carbocycles. The van der Waals surface area contributed by atoms with Crippen LogP contribution in [0.25, 0.3) is 0 Å². The number of amides is 1. The van der Waals surface area contributed by atoms with E-state index in [2.05, 4.69) is 28.2 Å². The van der Waals surface area contributed by atoms with Gasteiger partial charge in [0.05, 0.1) is 0 Å². The zero-order valence-electron chi connectivity index (χ0n) is 11.2. The second-order valence-electron chi connectivity index (χ2n) is 4.31. The third-order valence-electron chi connectivity index (χ3n) is 2.82. The fourth-order valence-corrected chi connectivity index (χ4v) is 2.24. The number of anilines is 1. The van der Waals surface area contributed by atoms with Crippen molar-refractivity contribution in [3.05, 3.63) is 58.6 Å². The number of hydrogen-bond donors (Lipinski definition) is 1. The molecule has 0 spiro atoms. The van der Waals surface area contributed by atoms with E-state index in [4.69, 9.17) is 4.74 Å². The maximum absolute atomic E-state index is 11.8. The third kappa shape index (κ3) is 4.10. The van der Waals surface area contributed by atoms with Crippen molar-refractivity contribution in [2.24, 2.45) is 0 Å². The van der Waals surface area contributed by atoms with Crippen LogP contribution in [0.2, 0.25) is 0 Å². The van der Waals surface area contributed by atoms with Gasteiger partial charge < -0.3 is 10.1 Å². The second kappa shape index (κ2) is 7.10. The number of nitrogens with one attached hydrogen (secondary N) is 1. The second-order valence-corrected chi connectivity index (χ2v) is 5.22. The summed E-state index contributed by atoms with van der Waals surface area (Å²) in [5.41, 5.74) is 1.85. The molecule has 0 fully saturated rings. The van der Waals surface area contributed by atoms with Gasteiger partial charge in [-0.2, -0.15) is 0 Å². The van der Waals surface area contributed by atoms with Crippen LogP contribution in [0.15, 0.2) is 53.0 Å². The summed E-state index contributed by atoms with van der Waals surface area (Å²) in [6.07, 6.45) is 0.856. The fourth-order valence-electron chi connectivity index (χ4n) is 1.83. The Morgan fingerprint density at radius 3 is 2.65 bits per heavy atom. The van der Waals surface area contributed by atoms with Gasteiger partial charge >= 0.3 is 0 Å². The number of ether oxygens (including phenoxy) is 1. The minimum absolute atomic E-state index is 0.00350. The third-order valence-corrected chi connectivity index (χ3v) is 3.31. The van der Waals surface area contributed by atoms with Gasteiger partial charge in [-0.05, 0) is 42.3 Å². The van der Waals surface area contributed by atoms with Gasteiger partial charge in [0.1, 0.15) is 5.75 Å². The van der Waals surface area contributed by atoms with E-state index in [0.29, 0.717) is 0 Å². The molecule has 0 aromatic heterocycles. The van der Waals surface area contributed by atoms with E-state index in [1.165, 1.54) is 0 Å². The molecule has 0 saturated carbocycles. The van der Waals surface area contributed by atoms with E-state index >= 15 is 0 Å². The van der Waals surface area contributed by atoms with Gasteiger partial charge in [0.25, 0.3) is 5.91 Å².